The van der Waals surface area contributed by atoms with Gasteiger partial charge in [0.15, 0.2) is 0 Å². The van der Waals surface area contributed by atoms with Crippen LogP contribution in [-0.4, -0.2) is 19.1 Å². The predicted octanol–water partition coefficient (Wildman–Crippen LogP) is 7.91. The van der Waals surface area contributed by atoms with E-state index >= 15 is 0 Å². The Morgan fingerprint density at radius 1 is 0.710 bits per heavy atom. The molecule has 0 aliphatic heterocycles. The number of hydrogen-bond acceptors (Lipinski definition) is 1. The Kier molecular flexibility index (Phi) is 9.89. The molecule has 0 aliphatic rings. The molecule has 2 aromatic carbocycles. The zero-order chi connectivity index (χ0) is 22.7. The van der Waals surface area contributed by atoms with Crippen LogP contribution in [0.5, 0.6) is 0 Å². The van der Waals surface area contributed by atoms with Gasteiger partial charge in [-0.25, -0.2) is 4.79 Å². The standard InChI is InChI=1S/C25H33F3N2O/c1-3-5-6-7-8-12-20-30(23-17-15-21(16-18-23)25(26,27)28)24(31)29(19-4-2)22-13-10-9-11-14-22/h9-11,13-18H,3-8,12,19-20H2,1-2H3. The molecule has 0 radical (unpaired) electrons. The van der Waals surface area contributed by atoms with Crippen molar-refractivity contribution in [3.05, 3.63) is 60.2 Å². The van der Waals surface area contributed by atoms with Crippen LogP contribution in [0.2, 0.25) is 0 Å². The molecule has 0 unspecified atom stereocenters. The number of carbonyl (C=O) groups excluding carboxylic acids is 1. The lowest BCUT2D eigenvalue weighted by Crippen LogP contribution is -2.44. The maximum Gasteiger partial charge on any atom is 0.416 e. The predicted molar refractivity (Wildman–Crippen MR) is 122 cm³/mol. The van der Waals surface area contributed by atoms with Crippen LogP contribution in [0.15, 0.2) is 54.6 Å². The molecule has 31 heavy (non-hydrogen) atoms. The smallest absolute Gasteiger partial charge is 0.294 e. The summed E-state index contributed by atoms with van der Waals surface area (Å²) in [6.45, 7) is 5.18. The van der Waals surface area contributed by atoms with Crippen LogP contribution in [0.1, 0.15) is 64.4 Å². The first-order valence-corrected chi connectivity index (χ1v) is 11.2. The van der Waals surface area contributed by atoms with Crippen LogP contribution in [0.25, 0.3) is 0 Å². The fourth-order valence-corrected chi connectivity index (χ4v) is 3.53. The maximum absolute atomic E-state index is 13.5. The third-order valence-electron chi connectivity index (χ3n) is 5.22. The molecule has 0 atom stereocenters. The van der Waals surface area contributed by atoms with Gasteiger partial charge in [0.25, 0.3) is 0 Å². The number of unbranched alkanes of at least 4 members (excludes halogenated alkanes) is 5. The summed E-state index contributed by atoms with van der Waals surface area (Å²) < 4.78 is 39.0. The summed E-state index contributed by atoms with van der Waals surface area (Å²) in [6, 6.07) is 14.1. The number of halogens is 3. The second kappa shape index (κ2) is 12.4. The molecule has 2 amide bonds. The highest BCUT2D eigenvalue weighted by Gasteiger charge is 2.31. The molecule has 2 rings (SSSR count). The van der Waals surface area contributed by atoms with E-state index in [9.17, 15) is 18.0 Å². The van der Waals surface area contributed by atoms with Crippen LogP contribution in [-0.2, 0) is 6.18 Å². The molecule has 3 nitrogen and oxygen atoms in total. The Labute approximate surface area is 183 Å². The lowest BCUT2D eigenvalue weighted by molar-refractivity contribution is -0.137. The summed E-state index contributed by atoms with van der Waals surface area (Å²) in [5.74, 6) is 0. The van der Waals surface area contributed by atoms with E-state index in [0.29, 0.717) is 18.8 Å². The molecule has 0 saturated carbocycles. The van der Waals surface area contributed by atoms with E-state index in [2.05, 4.69) is 6.92 Å². The van der Waals surface area contributed by atoms with Gasteiger partial charge in [-0.15, -0.1) is 0 Å². The van der Waals surface area contributed by atoms with E-state index in [4.69, 9.17) is 0 Å². The normalized spacial score (nSPS) is 11.4. The van der Waals surface area contributed by atoms with Crippen molar-refractivity contribution in [3.63, 3.8) is 0 Å². The highest BCUT2D eigenvalue weighted by Crippen LogP contribution is 2.31. The molecular formula is C25H33F3N2O. The maximum atomic E-state index is 13.5. The number of anilines is 2. The van der Waals surface area contributed by atoms with E-state index < -0.39 is 11.7 Å². The highest BCUT2D eigenvalue weighted by molar-refractivity contribution is 6.03. The molecule has 0 N–H and O–H groups in total. The molecule has 0 saturated heterocycles. The van der Waals surface area contributed by atoms with Gasteiger partial charge in [-0.2, -0.15) is 13.2 Å². The molecule has 0 aromatic heterocycles. The zero-order valence-corrected chi connectivity index (χ0v) is 18.5. The number of rotatable bonds is 11. The third-order valence-corrected chi connectivity index (χ3v) is 5.22. The second-order valence-corrected chi connectivity index (χ2v) is 7.73. The molecule has 170 valence electrons. The number of hydrogen-bond donors (Lipinski definition) is 0. The molecule has 0 bridgehead atoms. The molecule has 0 fully saturated rings. The summed E-state index contributed by atoms with van der Waals surface area (Å²) in [7, 11) is 0. The van der Waals surface area contributed by atoms with Crippen molar-refractivity contribution in [1.82, 2.24) is 0 Å². The van der Waals surface area contributed by atoms with Gasteiger partial charge in [-0.3, -0.25) is 9.80 Å². The van der Waals surface area contributed by atoms with E-state index in [1.165, 1.54) is 25.0 Å². The van der Waals surface area contributed by atoms with Gasteiger partial charge in [0.1, 0.15) is 0 Å². The zero-order valence-electron chi connectivity index (χ0n) is 18.5. The van der Waals surface area contributed by atoms with Crippen LogP contribution < -0.4 is 9.80 Å². The number of para-hydroxylation sites is 1. The third kappa shape index (κ3) is 7.60. The SMILES string of the molecule is CCCCCCCCN(C(=O)N(CCC)c1ccccc1)c1ccc(C(F)(F)F)cc1. The second-order valence-electron chi connectivity index (χ2n) is 7.73. The Hall–Kier alpha value is -2.50. The lowest BCUT2D eigenvalue weighted by atomic mass is 10.1. The van der Waals surface area contributed by atoms with Crippen molar-refractivity contribution in [2.75, 3.05) is 22.9 Å². The minimum Gasteiger partial charge on any atom is -0.294 e. The monoisotopic (exact) mass is 434 g/mol. The number of carbonyl (C=O) groups is 1. The first-order chi connectivity index (χ1) is 14.9. The number of amides is 2. The van der Waals surface area contributed by atoms with Crippen molar-refractivity contribution in [1.29, 1.82) is 0 Å². The average molecular weight is 435 g/mol. The van der Waals surface area contributed by atoms with Gasteiger partial charge in [-0.05, 0) is 49.2 Å². The number of alkyl halides is 3. The highest BCUT2D eigenvalue weighted by atomic mass is 19.4. The minimum absolute atomic E-state index is 0.207. The Morgan fingerprint density at radius 2 is 1.26 bits per heavy atom. The van der Waals surface area contributed by atoms with E-state index in [1.54, 1.807) is 9.80 Å². The Balaban J connectivity index is 2.23. The molecule has 0 aliphatic carbocycles. The summed E-state index contributed by atoms with van der Waals surface area (Å²) in [4.78, 5) is 16.8. The average Bonchev–Trinajstić information content (AvgIpc) is 2.77. The van der Waals surface area contributed by atoms with Gasteiger partial charge in [0, 0.05) is 24.5 Å². The Bertz CT molecular complexity index is 776. The fraction of sp³-hybridized carbons (Fsp3) is 0.480. The quantitative estimate of drug-likeness (QED) is 0.330. The lowest BCUT2D eigenvalue weighted by Gasteiger charge is -2.31. The van der Waals surface area contributed by atoms with Crippen LogP contribution in [0, 0.1) is 0 Å². The van der Waals surface area contributed by atoms with E-state index in [0.717, 1.165) is 49.9 Å². The van der Waals surface area contributed by atoms with E-state index in [-0.39, 0.29) is 6.03 Å². The van der Waals surface area contributed by atoms with Crippen molar-refractivity contribution in [3.8, 4) is 0 Å². The first-order valence-electron chi connectivity index (χ1n) is 11.2. The largest absolute Gasteiger partial charge is 0.416 e. The summed E-state index contributed by atoms with van der Waals surface area (Å²) in [6.07, 6.45) is 2.80. The van der Waals surface area contributed by atoms with Gasteiger partial charge in [0.2, 0.25) is 0 Å². The molecule has 2 aromatic rings. The topological polar surface area (TPSA) is 23.6 Å². The van der Waals surface area contributed by atoms with Crippen molar-refractivity contribution in [2.45, 2.75) is 65.0 Å². The van der Waals surface area contributed by atoms with Crippen molar-refractivity contribution >= 4 is 17.4 Å². The fourth-order valence-electron chi connectivity index (χ4n) is 3.53. The van der Waals surface area contributed by atoms with Gasteiger partial charge < -0.3 is 0 Å². The number of benzene rings is 2. The Morgan fingerprint density at radius 3 is 1.84 bits per heavy atom. The van der Waals surface area contributed by atoms with Crippen molar-refractivity contribution in [2.24, 2.45) is 0 Å². The van der Waals surface area contributed by atoms with Crippen LogP contribution >= 0.6 is 0 Å². The van der Waals surface area contributed by atoms with Crippen molar-refractivity contribution < 1.29 is 18.0 Å². The summed E-state index contributed by atoms with van der Waals surface area (Å²) in [5.41, 5.74) is 0.564. The minimum atomic E-state index is -4.40. The van der Waals surface area contributed by atoms with E-state index in [1.807, 2.05) is 37.3 Å². The van der Waals surface area contributed by atoms with Gasteiger partial charge >= 0.3 is 12.2 Å². The van der Waals surface area contributed by atoms with Gasteiger partial charge in [0.05, 0.1) is 5.56 Å². The first kappa shape index (κ1) is 24.8. The van der Waals surface area contributed by atoms with Crippen LogP contribution in [0.3, 0.4) is 0 Å². The molecule has 0 spiro atoms. The number of urea groups is 1. The summed E-state index contributed by atoms with van der Waals surface area (Å²) in [5, 5.41) is 0. The molecular weight excluding hydrogens is 401 g/mol. The molecule has 6 heteroatoms. The number of nitrogens with zero attached hydrogens (tertiary/aromatic N) is 2. The molecule has 0 heterocycles. The van der Waals surface area contributed by atoms with Gasteiger partial charge in [-0.1, -0.05) is 64.2 Å². The van der Waals surface area contributed by atoms with Crippen LogP contribution in [0.4, 0.5) is 29.3 Å². The summed E-state index contributed by atoms with van der Waals surface area (Å²) >= 11 is 0.